The Hall–Kier alpha value is -1.26. The van der Waals surface area contributed by atoms with Crippen molar-refractivity contribution in [1.29, 1.82) is 0 Å². The summed E-state index contributed by atoms with van der Waals surface area (Å²) in [7, 11) is 3.26. The summed E-state index contributed by atoms with van der Waals surface area (Å²) in [5.74, 6) is 1.49. The summed E-state index contributed by atoms with van der Waals surface area (Å²) in [6, 6.07) is 5.97. The Morgan fingerprint density at radius 1 is 1.21 bits per heavy atom. The van der Waals surface area contributed by atoms with E-state index < -0.39 is 5.60 Å². The van der Waals surface area contributed by atoms with Crippen LogP contribution in [0.25, 0.3) is 0 Å². The van der Waals surface area contributed by atoms with Crippen LogP contribution in [0.2, 0.25) is 0 Å². The van der Waals surface area contributed by atoms with E-state index in [0.29, 0.717) is 0 Å². The second-order valence-corrected chi connectivity index (χ2v) is 5.27. The van der Waals surface area contributed by atoms with E-state index in [1.807, 2.05) is 25.1 Å². The van der Waals surface area contributed by atoms with Gasteiger partial charge < -0.3 is 19.9 Å². The molecule has 2 N–H and O–H groups in total. The molecule has 0 aliphatic carbocycles. The van der Waals surface area contributed by atoms with E-state index in [-0.39, 0.29) is 6.04 Å². The zero-order valence-corrected chi connectivity index (χ0v) is 12.5. The van der Waals surface area contributed by atoms with Crippen molar-refractivity contribution in [3.8, 4) is 11.5 Å². The van der Waals surface area contributed by atoms with Crippen LogP contribution >= 0.6 is 0 Å². The van der Waals surface area contributed by atoms with E-state index in [9.17, 15) is 5.11 Å². The molecule has 0 aliphatic rings. The van der Waals surface area contributed by atoms with Gasteiger partial charge in [0.2, 0.25) is 0 Å². The molecule has 19 heavy (non-hydrogen) atoms. The number of benzene rings is 1. The van der Waals surface area contributed by atoms with Gasteiger partial charge in [0.15, 0.2) is 11.5 Å². The van der Waals surface area contributed by atoms with Crippen LogP contribution in [0.5, 0.6) is 11.5 Å². The molecule has 0 aliphatic heterocycles. The van der Waals surface area contributed by atoms with Gasteiger partial charge in [-0.25, -0.2) is 0 Å². The fourth-order valence-electron chi connectivity index (χ4n) is 1.72. The number of methoxy groups -OCH3 is 2. The Bertz CT molecular complexity index is 399. The topological polar surface area (TPSA) is 50.7 Å². The number of rotatable bonds is 7. The Kier molecular flexibility index (Phi) is 5.63. The smallest absolute Gasteiger partial charge is 0.160 e. The molecule has 0 saturated carbocycles. The molecule has 1 atom stereocenters. The van der Waals surface area contributed by atoms with Crippen LogP contribution < -0.4 is 14.8 Å². The molecule has 1 aromatic carbocycles. The third kappa shape index (κ3) is 4.73. The average Bonchev–Trinajstić information content (AvgIpc) is 2.37. The number of nitrogens with one attached hydrogen (secondary N) is 1. The van der Waals surface area contributed by atoms with E-state index in [2.05, 4.69) is 5.32 Å². The Labute approximate surface area is 115 Å². The van der Waals surface area contributed by atoms with Crippen LogP contribution in [0.1, 0.15) is 26.3 Å². The highest BCUT2D eigenvalue weighted by atomic mass is 16.5. The minimum Gasteiger partial charge on any atom is -0.493 e. The van der Waals surface area contributed by atoms with Gasteiger partial charge in [-0.15, -0.1) is 0 Å². The molecule has 0 heterocycles. The van der Waals surface area contributed by atoms with E-state index in [1.54, 1.807) is 28.1 Å². The summed E-state index contributed by atoms with van der Waals surface area (Å²) in [5.41, 5.74) is 0.463. The molecule has 0 bridgehead atoms. The van der Waals surface area contributed by atoms with Gasteiger partial charge in [-0.05, 0) is 51.4 Å². The lowest BCUT2D eigenvalue weighted by Gasteiger charge is -2.26. The third-order valence-corrected chi connectivity index (χ3v) is 3.37. The van der Waals surface area contributed by atoms with Crippen LogP contribution in [0.4, 0.5) is 0 Å². The number of hydrogen-bond acceptors (Lipinski definition) is 4. The first-order chi connectivity index (χ1) is 8.88. The highest BCUT2D eigenvalue weighted by molar-refractivity contribution is 5.42. The quantitative estimate of drug-likeness (QED) is 0.793. The van der Waals surface area contributed by atoms with Gasteiger partial charge in [-0.1, -0.05) is 6.07 Å². The molecule has 1 aromatic rings. The molecular weight excluding hydrogens is 242 g/mol. The van der Waals surface area contributed by atoms with Gasteiger partial charge in [0.1, 0.15) is 0 Å². The summed E-state index contributed by atoms with van der Waals surface area (Å²) in [6.07, 6.45) is 0.876. The van der Waals surface area contributed by atoms with Crippen molar-refractivity contribution in [3.63, 3.8) is 0 Å². The maximum Gasteiger partial charge on any atom is 0.160 e. The van der Waals surface area contributed by atoms with Crippen LogP contribution in [0.3, 0.4) is 0 Å². The Morgan fingerprint density at radius 3 is 2.37 bits per heavy atom. The van der Waals surface area contributed by atoms with Crippen LogP contribution in [-0.2, 0) is 6.42 Å². The summed E-state index contributed by atoms with van der Waals surface area (Å²) >= 11 is 0. The van der Waals surface area contributed by atoms with Gasteiger partial charge in [-0.3, -0.25) is 0 Å². The van der Waals surface area contributed by atoms with E-state index in [1.165, 1.54) is 5.56 Å². The number of hydrogen-bond donors (Lipinski definition) is 2. The molecule has 108 valence electrons. The van der Waals surface area contributed by atoms with Crippen molar-refractivity contribution in [2.24, 2.45) is 0 Å². The molecule has 4 nitrogen and oxygen atoms in total. The molecule has 1 unspecified atom stereocenters. The minimum atomic E-state index is -0.711. The molecular formula is C15H25NO3. The van der Waals surface area contributed by atoms with E-state index >= 15 is 0 Å². The third-order valence-electron chi connectivity index (χ3n) is 3.37. The fraction of sp³-hybridized carbons (Fsp3) is 0.600. The zero-order valence-electron chi connectivity index (χ0n) is 12.5. The van der Waals surface area contributed by atoms with E-state index in [0.717, 1.165) is 24.5 Å². The maximum atomic E-state index is 9.83. The minimum absolute atomic E-state index is 0.0487. The first kappa shape index (κ1) is 15.8. The number of aliphatic hydroxyl groups is 1. The second-order valence-electron chi connectivity index (χ2n) is 5.27. The molecule has 0 amide bonds. The number of ether oxygens (including phenoxy) is 2. The lowest BCUT2D eigenvalue weighted by molar-refractivity contribution is 0.0446. The maximum absolute atomic E-state index is 9.83. The molecule has 4 heteroatoms. The van der Waals surface area contributed by atoms with Gasteiger partial charge in [-0.2, -0.15) is 0 Å². The van der Waals surface area contributed by atoms with Crippen molar-refractivity contribution < 1.29 is 14.6 Å². The van der Waals surface area contributed by atoms with Crippen molar-refractivity contribution in [2.45, 2.75) is 38.8 Å². The predicted octanol–water partition coefficient (Wildman–Crippen LogP) is 2.00. The summed E-state index contributed by atoms with van der Waals surface area (Å²) in [4.78, 5) is 0. The standard InChI is InChI=1S/C15H25NO3/c1-11(15(2,3)17)16-9-8-12-6-7-13(18-4)14(10-12)19-5/h6-7,10-11,16-17H,8-9H2,1-5H3. The lowest BCUT2D eigenvalue weighted by Crippen LogP contribution is -2.45. The SMILES string of the molecule is COc1ccc(CCNC(C)C(C)(C)O)cc1OC. The normalized spacial score (nSPS) is 13.2. The van der Waals surface area contributed by atoms with Crippen molar-refractivity contribution in [3.05, 3.63) is 23.8 Å². The largest absolute Gasteiger partial charge is 0.493 e. The average molecular weight is 267 g/mol. The summed E-state index contributed by atoms with van der Waals surface area (Å²) in [5, 5.41) is 13.1. The lowest BCUT2D eigenvalue weighted by atomic mass is 10.0. The predicted molar refractivity (Wildman–Crippen MR) is 77.0 cm³/mol. The van der Waals surface area contributed by atoms with Crippen molar-refractivity contribution in [2.75, 3.05) is 20.8 Å². The van der Waals surface area contributed by atoms with E-state index in [4.69, 9.17) is 9.47 Å². The Balaban J connectivity index is 2.54. The highest BCUT2D eigenvalue weighted by Crippen LogP contribution is 2.27. The second kappa shape index (κ2) is 6.78. The first-order valence-electron chi connectivity index (χ1n) is 6.55. The fourth-order valence-corrected chi connectivity index (χ4v) is 1.72. The van der Waals surface area contributed by atoms with Gasteiger partial charge in [0, 0.05) is 6.04 Å². The molecule has 0 fully saturated rings. The molecule has 1 rings (SSSR count). The zero-order chi connectivity index (χ0) is 14.5. The van der Waals surface area contributed by atoms with Crippen molar-refractivity contribution >= 4 is 0 Å². The molecule has 0 radical (unpaired) electrons. The van der Waals surface area contributed by atoms with Crippen LogP contribution in [0, 0.1) is 0 Å². The monoisotopic (exact) mass is 267 g/mol. The van der Waals surface area contributed by atoms with Gasteiger partial charge in [0.25, 0.3) is 0 Å². The highest BCUT2D eigenvalue weighted by Gasteiger charge is 2.21. The molecule has 0 aromatic heterocycles. The van der Waals surface area contributed by atoms with Crippen LogP contribution in [-0.4, -0.2) is 37.5 Å². The molecule has 0 saturated heterocycles. The van der Waals surface area contributed by atoms with Crippen LogP contribution in [0.15, 0.2) is 18.2 Å². The summed E-state index contributed by atoms with van der Waals surface area (Å²) in [6.45, 7) is 6.40. The first-order valence-corrected chi connectivity index (χ1v) is 6.55. The van der Waals surface area contributed by atoms with Gasteiger partial charge in [0.05, 0.1) is 19.8 Å². The molecule has 0 spiro atoms. The van der Waals surface area contributed by atoms with Gasteiger partial charge >= 0.3 is 0 Å². The Morgan fingerprint density at radius 2 is 1.84 bits per heavy atom. The summed E-state index contributed by atoms with van der Waals surface area (Å²) < 4.78 is 10.5. The van der Waals surface area contributed by atoms with Crippen molar-refractivity contribution in [1.82, 2.24) is 5.32 Å².